The monoisotopic (exact) mass is 188 g/mol. The normalized spacial score (nSPS) is 14.9. The highest BCUT2D eigenvalue weighted by atomic mass is 15.1. The summed E-state index contributed by atoms with van der Waals surface area (Å²) in [5.74, 6) is 1.21. The van der Waals surface area contributed by atoms with Crippen LogP contribution in [0.25, 0.3) is 11.3 Å². The summed E-state index contributed by atoms with van der Waals surface area (Å²) in [6, 6.07) is 4.12. The molecule has 4 heteroatoms. The van der Waals surface area contributed by atoms with Gasteiger partial charge in [0.25, 0.3) is 0 Å². The first-order valence-corrected chi connectivity index (χ1v) is 4.88. The van der Waals surface area contributed by atoms with Gasteiger partial charge in [0.05, 0.1) is 5.69 Å². The first kappa shape index (κ1) is 7.67. The lowest BCUT2D eigenvalue weighted by atomic mass is 10.2. The van der Waals surface area contributed by atoms with Crippen LogP contribution in [-0.2, 0) is 6.54 Å². The van der Waals surface area contributed by atoms with Gasteiger partial charge in [0.1, 0.15) is 5.82 Å². The minimum absolute atomic E-state index is 1.06. The average molecular weight is 188 g/mol. The van der Waals surface area contributed by atoms with Crippen LogP contribution in [0.4, 0.5) is 5.82 Å². The van der Waals surface area contributed by atoms with Crippen molar-refractivity contribution in [1.29, 1.82) is 0 Å². The number of H-pyrrole nitrogens is 1. The fraction of sp³-hybridized carbons (Fsp3) is 0.300. The maximum absolute atomic E-state index is 3.97. The summed E-state index contributed by atoms with van der Waals surface area (Å²) >= 11 is 0. The number of anilines is 1. The molecule has 0 saturated carbocycles. The van der Waals surface area contributed by atoms with Gasteiger partial charge in [-0.25, -0.2) is 0 Å². The van der Waals surface area contributed by atoms with Gasteiger partial charge in [-0.1, -0.05) is 0 Å². The molecule has 1 aliphatic heterocycles. The standard InChI is InChI=1S/C10H12N4/c1-4-11-10-8(3-7-14(10)6-1)9-2-5-12-13-9/h2-3,5,7,11H,1,4,6H2,(H,12,13). The molecule has 2 aromatic rings. The second-order valence-electron chi connectivity index (χ2n) is 3.52. The van der Waals surface area contributed by atoms with Crippen LogP contribution in [0.2, 0.25) is 0 Å². The van der Waals surface area contributed by atoms with E-state index in [1.54, 1.807) is 6.20 Å². The molecular weight excluding hydrogens is 176 g/mol. The molecule has 2 aromatic heterocycles. The molecule has 0 saturated heterocycles. The van der Waals surface area contributed by atoms with Crippen molar-refractivity contribution in [1.82, 2.24) is 14.8 Å². The van der Waals surface area contributed by atoms with Crippen LogP contribution in [0.1, 0.15) is 6.42 Å². The van der Waals surface area contributed by atoms with Crippen molar-refractivity contribution in [3.8, 4) is 11.3 Å². The average Bonchev–Trinajstić information content (AvgIpc) is 2.85. The maximum atomic E-state index is 3.97. The third-order valence-corrected chi connectivity index (χ3v) is 2.62. The molecule has 0 amide bonds. The Kier molecular flexibility index (Phi) is 1.59. The minimum Gasteiger partial charge on any atom is -0.371 e. The van der Waals surface area contributed by atoms with Gasteiger partial charge >= 0.3 is 0 Å². The summed E-state index contributed by atoms with van der Waals surface area (Å²) in [4.78, 5) is 0. The Morgan fingerprint density at radius 1 is 1.36 bits per heavy atom. The Labute approximate surface area is 81.9 Å². The molecule has 2 N–H and O–H groups in total. The number of aryl methyl sites for hydroxylation is 1. The van der Waals surface area contributed by atoms with Gasteiger partial charge in [0.15, 0.2) is 0 Å². The van der Waals surface area contributed by atoms with Crippen molar-refractivity contribution in [3.05, 3.63) is 24.5 Å². The van der Waals surface area contributed by atoms with E-state index in [4.69, 9.17) is 0 Å². The number of fused-ring (bicyclic) bond motifs is 1. The Balaban J connectivity index is 2.11. The number of aromatic nitrogens is 3. The Morgan fingerprint density at radius 3 is 3.21 bits per heavy atom. The van der Waals surface area contributed by atoms with Crippen molar-refractivity contribution in [2.45, 2.75) is 13.0 Å². The van der Waals surface area contributed by atoms with E-state index < -0.39 is 0 Å². The smallest absolute Gasteiger partial charge is 0.115 e. The third-order valence-electron chi connectivity index (χ3n) is 2.62. The molecule has 0 bridgehead atoms. The lowest BCUT2D eigenvalue weighted by molar-refractivity contribution is 0.633. The largest absolute Gasteiger partial charge is 0.371 e. The van der Waals surface area contributed by atoms with Gasteiger partial charge in [-0.05, 0) is 18.6 Å². The van der Waals surface area contributed by atoms with E-state index in [9.17, 15) is 0 Å². The highest BCUT2D eigenvalue weighted by Crippen LogP contribution is 2.29. The van der Waals surface area contributed by atoms with Crippen LogP contribution in [-0.4, -0.2) is 21.3 Å². The lowest BCUT2D eigenvalue weighted by Gasteiger charge is -2.18. The molecule has 0 spiro atoms. The SMILES string of the molecule is c1cc(-c2ccn3c2NCCC3)[nH]n1. The molecule has 4 nitrogen and oxygen atoms in total. The van der Waals surface area contributed by atoms with Gasteiger partial charge in [-0.3, -0.25) is 5.10 Å². The van der Waals surface area contributed by atoms with Gasteiger partial charge < -0.3 is 9.88 Å². The summed E-state index contributed by atoms with van der Waals surface area (Å²) in [5.41, 5.74) is 2.29. The second kappa shape index (κ2) is 2.90. The van der Waals surface area contributed by atoms with Crippen LogP contribution in [0.3, 0.4) is 0 Å². The molecule has 1 aliphatic rings. The lowest BCUT2D eigenvalue weighted by Crippen LogP contribution is -2.16. The van der Waals surface area contributed by atoms with Crippen LogP contribution in [0.15, 0.2) is 24.5 Å². The van der Waals surface area contributed by atoms with E-state index in [1.807, 2.05) is 6.07 Å². The topological polar surface area (TPSA) is 45.6 Å². The number of rotatable bonds is 1. The Hall–Kier alpha value is -1.71. The molecule has 14 heavy (non-hydrogen) atoms. The number of hydrogen-bond acceptors (Lipinski definition) is 2. The van der Waals surface area contributed by atoms with Gasteiger partial charge in [-0.15, -0.1) is 0 Å². The van der Waals surface area contributed by atoms with Crippen LogP contribution in [0, 0.1) is 0 Å². The highest BCUT2D eigenvalue weighted by molar-refractivity contribution is 5.73. The maximum Gasteiger partial charge on any atom is 0.115 e. The van der Waals surface area contributed by atoms with Crippen molar-refractivity contribution in [3.63, 3.8) is 0 Å². The summed E-state index contributed by atoms with van der Waals surface area (Å²) in [5, 5.41) is 10.4. The van der Waals surface area contributed by atoms with Gasteiger partial charge in [-0.2, -0.15) is 5.10 Å². The summed E-state index contributed by atoms with van der Waals surface area (Å²) in [7, 11) is 0. The molecule has 0 fully saturated rings. The molecule has 0 aromatic carbocycles. The van der Waals surface area contributed by atoms with Crippen molar-refractivity contribution < 1.29 is 0 Å². The van der Waals surface area contributed by atoms with E-state index >= 15 is 0 Å². The van der Waals surface area contributed by atoms with E-state index in [-0.39, 0.29) is 0 Å². The number of nitrogens with zero attached hydrogens (tertiary/aromatic N) is 2. The third kappa shape index (κ3) is 1.04. The Bertz CT molecular complexity index is 427. The molecule has 0 atom stereocenters. The first-order chi connectivity index (χ1) is 6.95. The quantitative estimate of drug-likeness (QED) is 0.715. The van der Waals surface area contributed by atoms with E-state index in [0.717, 1.165) is 18.8 Å². The van der Waals surface area contributed by atoms with Crippen LogP contribution < -0.4 is 5.32 Å². The van der Waals surface area contributed by atoms with E-state index in [1.165, 1.54) is 17.8 Å². The Morgan fingerprint density at radius 2 is 2.36 bits per heavy atom. The van der Waals surface area contributed by atoms with Crippen molar-refractivity contribution >= 4 is 5.82 Å². The predicted octanol–water partition coefficient (Wildman–Crippen LogP) is 1.69. The number of aromatic amines is 1. The number of nitrogens with one attached hydrogen (secondary N) is 2. The predicted molar refractivity (Wildman–Crippen MR) is 55.1 cm³/mol. The summed E-state index contributed by atoms with van der Waals surface area (Å²) in [6.45, 7) is 2.17. The number of hydrogen-bond donors (Lipinski definition) is 2. The van der Waals surface area contributed by atoms with E-state index in [2.05, 4.69) is 32.3 Å². The van der Waals surface area contributed by atoms with Gasteiger partial charge in [0, 0.05) is 31.0 Å². The van der Waals surface area contributed by atoms with Crippen molar-refractivity contribution in [2.24, 2.45) is 0 Å². The molecule has 3 heterocycles. The summed E-state index contributed by atoms with van der Waals surface area (Å²) < 4.78 is 2.25. The zero-order chi connectivity index (χ0) is 9.38. The molecule has 0 unspecified atom stereocenters. The molecule has 0 aliphatic carbocycles. The highest BCUT2D eigenvalue weighted by Gasteiger charge is 2.14. The fourth-order valence-electron chi connectivity index (χ4n) is 1.94. The molecule has 0 radical (unpaired) electrons. The van der Waals surface area contributed by atoms with E-state index in [0.29, 0.717) is 0 Å². The fourth-order valence-corrected chi connectivity index (χ4v) is 1.94. The minimum atomic E-state index is 1.06. The molecule has 72 valence electrons. The molecular formula is C10H12N4. The summed E-state index contributed by atoms with van der Waals surface area (Å²) in [6.07, 6.45) is 5.10. The van der Waals surface area contributed by atoms with Crippen LogP contribution in [0.5, 0.6) is 0 Å². The first-order valence-electron chi connectivity index (χ1n) is 4.88. The van der Waals surface area contributed by atoms with Crippen molar-refractivity contribution in [2.75, 3.05) is 11.9 Å². The second-order valence-corrected chi connectivity index (χ2v) is 3.52. The zero-order valence-electron chi connectivity index (χ0n) is 7.83. The van der Waals surface area contributed by atoms with Crippen LogP contribution >= 0.6 is 0 Å². The zero-order valence-corrected chi connectivity index (χ0v) is 7.83. The molecule has 3 rings (SSSR count). The van der Waals surface area contributed by atoms with Gasteiger partial charge in [0.2, 0.25) is 0 Å².